The quantitative estimate of drug-likeness (QED) is 0.875. The number of ether oxygens (including phenoxy) is 1. The molecule has 0 unspecified atom stereocenters. The molecule has 0 aliphatic carbocycles. The van der Waals surface area contributed by atoms with E-state index in [0.29, 0.717) is 42.9 Å². The average molecular weight is 384 g/mol. The Hall–Kier alpha value is -2.18. The Labute approximate surface area is 165 Å². The molecule has 3 heterocycles. The van der Waals surface area contributed by atoms with Crippen molar-refractivity contribution in [3.8, 4) is 11.3 Å². The van der Waals surface area contributed by atoms with Crippen LogP contribution in [0, 0.1) is 6.92 Å². The number of carbonyl (C=O) groups is 1. The number of piperidine rings is 1. The van der Waals surface area contributed by atoms with E-state index in [1.807, 2.05) is 35.2 Å². The lowest BCUT2D eigenvalue weighted by atomic mass is 9.81. The minimum atomic E-state index is -0.314. The van der Waals surface area contributed by atoms with Crippen LogP contribution in [0.15, 0.2) is 34.9 Å². The second-order valence-corrected chi connectivity index (χ2v) is 8.05. The van der Waals surface area contributed by atoms with Gasteiger partial charge in [-0.3, -0.25) is 4.79 Å². The fraction of sp³-hybridized carbons (Fsp3) is 0.545. The van der Waals surface area contributed by atoms with Crippen molar-refractivity contribution in [2.24, 2.45) is 0 Å². The van der Waals surface area contributed by atoms with Crippen LogP contribution in [0.25, 0.3) is 11.3 Å². The molecule has 6 heteroatoms. The van der Waals surface area contributed by atoms with E-state index in [4.69, 9.17) is 9.26 Å². The van der Waals surface area contributed by atoms with Crippen LogP contribution in [-0.4, -0.2) is 52.0 Å². The summed E-state index contributed by atoms with van der Waals surface area (Å²) in [5.41, 5.74) is 1.71. The van der Waals surface area contributed by atoms with Crippen LogP contribution >= 0.6 is 0 Å². The van der Waals surface area contributed by atoms with Crippen LogP contribution in [0.2, 0.25) is 0 Å². The van der Waals surface area contributed by atoms with Crippen molar-refractivity contribution in [3.63, 3.8) is 0 Å². The van der Waals surface area contributed by atoms with Gasteiger partial charge in [-0.2, -0.15) is 0 Å². The number of amides is 1. The molecule has 28 heavy (non-hydrogen) atoms. The van der Waals surface area contributed by atoms with Crippen molar-refractivity contribution in [2.75, 3.05) is 13.1 Å². The molecule has 2 aliphatic heterocycles. The summed E-state index contributed by atoms with van der Waals surface area (Å²) in [7, 11) is 0. The third-order valence-electron chi connectivity index (χ3n) is 6.10. The van der Waals surface area contributed by atoms with Gasteiger partial charge in [0.05, 0.1) is 17.8 Å². The lowest BCUT2D eigenvalue weighted by molar-refractivity contribution is -0.179. The van der Waals surface area contributed by atoms with Crippen molar-refractivity contribution in [1.82, 2.24) is 10.1 Å². The van der Waals surface area contributed by atoms with E-state index in [-0.39, 0.29) is 23.7 Å². The Balaban J connectivity index is 1.50. The molecule has 1 amide bonds. The topological polar surface area (TPSA) is 75.8 Å². The summed E-state index contributed by atoms with van der Waals surface area (Å²) in [4.78, 5) is 15.1. The standard InChI is InChI=1S/C22H28N2O4/c1-3-18-13-17(25)14-22(27-18)9-11-24(12-10-22)21(26)19-15(2)28-23-20(19)16-7-5-4-6-8-16/h4-8,17-18,25H,3,9-14H2,1-2H3/t17-,18+/m1/s1. The highest BCUT2D eigenvalue weighted by atomic mass is 16.5. The van der Waals surface area contributed by atoms with Gasteiger partial charge in [-0.1, -0.05) is 42.4 Å². The molecule has 1 aromatic heterocycles. The van der Waals surface area contributed by atoms with Gasteiger partial charge in [0.15, 0.2) is 0 Å². The number of aliphatic hydroxyl groups is 1. The van der Waals surface area contributed by atoms with Crippen LogP contribution in [0.3, 0.4) is 0 Å². The third kappa shape index (κ3) is 3.59. The Bertz CT molecular complexity index is 824. The highest BCUT2D eigenvalue weighted by molar-refractivity contribution is 6.00. The number of hydrogen-bond acceptors (Lipinski definition) is 5. The molecular weight excluding hydrogens is 356 g/mol. The average Bonchev–Trinajstić information content (AvgIpc) is 3.09. The van der Waals surface area contributed by atoms with Gasteiger partial charge in [0.2, 0.25) is 0 Å². The first-order valence-electron chi connectivity index (χ1n) is 10.2. The molecule has 1 aromatic carbocycles. The van der Waals surface area contributed by atoms with Gasteiger partial charge in [0.1, 0.15) is 17.0 Å². The number of aromatic nitrogens is 1. The van der Waals surface area contributed by atoms with Gasteiger partial charge in [-0.25, -0.2) is 0 Å². The van der Waals surface area contributed by atoms with Gasteiger partial charge in [-0.15, -0.1) is 0 Å². The number of likely N-dealkylation sites (tertiary alicyclic amines) is 1. The summed E-state index contributed by atoms with van der Waals surface area (Å²) in [6.45, 7) is 5.10. The maximum atomic E-state index is 13.3. The highest BCUT2D eigenvalue weighted by Gasteiger charge is 2.44. The summed E-state index contributed by atoms with van der Waals surface area (Å²) >= 11 is 0. The molecule has 4 rings (SSSR count). The zero-order valence-corrected chi connectivity index (χ0v) is 16.6. The van der Waals surface area contributed by atoms with Crippen LogP contribution in [0.1, 0.15) is 55.1 Å². The van der Waals surface area contributed by atoms with E-state index >= 15 is 0 Å². The first-order valence-corrected chi connectivity index (χ1v) is 10.2. The number of carbonyl (C=O) groups excluding carboxylic acids is 1. The minimum Gasteiger partial charge on any atom is -0.393 e. The van der Waals surface area contributed by atoms with Gasteiger partial charge >= 0.3 is 0 Å². The minimum absolute atomic E-state index is 0.0455. The molecule has 0 radical (unpaired) electrons. The SMILES string of the molecule is CC[C@H]1C[C@@H](O)CC2(CCN(C(=O)c3c(-c4ccccc4)noc3C)CC2)O1. The third-order valence-corrected chi connectivity index (χ3v) is 6.10. The summed E-state index contributed by atoms with van der Waals surface area (Å²) in [5, 5.41) is 14.4. The van der Waals surface area contributed by atoms with Gasteiger partial charge < -0.3 is 19.3 Å². The van der Waals surface area contributed by atoms with E-state index in [0.717, 1.165) is 24.8 Å². The molecule has 1 N–H and O–H groups in total. The summed E-state index contributed by atoms with van der Waals surface area (Å²) in [6.07, 6.45) is 3.56. The predicted octanol–water partition coefficient (Wildman–Crippen LogP) is 3.57. The lowest BCUT2D eigenvalue weighted by Gasteiger charge is -2.47. The number of rotatable bonds is 3. The van der Waals surface area contributed by atoms with E-state index < -0.39 is 0 Å². The Kier molecular flexibility index (Phi) is 5.25. The van der Waals surface area contributed by atoms with Gasteiger partial charge in [0.25, 0.3) is 5.91 Å². The normalized spacial score (nSPS) is 24.5. The fourth-order valence-electron chi connectivity index (χ4n) is 4.53. The maximum Gasteiger partial charge on any atom is 0.259 e. The van der Waals surface area contributed by atoms with Gasteiger partial charge in [0, 0.05) is 25.1 Å². The van der Waals surface area contributed by atoms with Gasteiger partial charge in [-0.05, 0) is 32.6 Å². The Morgan fingerprint density at radius 3 is 2.68 bits per heavy atom. The summed E-state index contributed by atoms with van der Waals surface area (Å²) in [6, 6.07) is 9.65. The Morgan fingerprint density at radius 1 is 1.29 bits per heavy atom. The molecule has 2 saturated heterocycles. The number of aryl methyl sites for hydroxylation is 1. The fourth-order valence-corrected chi connectivity index (χ4v) is 4.53. The van der Waals surface area contributed by atoms with E-state index in [2.05, 4.69) is 12.1 Å². The largest absolute Gasteiger partial charge is 0.393 e. The first-order chi connectivity index (χ1) is 13.5. The van der Waals surface area contributed by atoms with E-state index in [9.17, 15) is 9.90 Å². The monoisotopic (exact) mass is 384 g/mol. The lowest BCUT2D eigenvalue weighted by Crippen LogP contribution is -2.53. The number of nitrogens with zero attached hydrogens (tertiary/aromatic N) is 2. The van der Waals surface area contributed by atoms with Crippen molar-refractivity contribution < 1.29 is 19.2 Å². The maximum absolute atomic E-state index is 13.3. The molecule has 1 spiro atoms. The van der Waals surface area contributed by atoms with Crippen LogP contribution in [0.4, 0.5) is 0 Å². The number of hydrogen-bond donors (Lipinski definition) is 1. The second-order valence-electron chi connectivity index (χ2n) is 8.05. The van der Waals surface area contributed by atoms with E-state index in [1.165, 1.54) is 0 Å². The molecule has 2 aromatic rings. The zero-order valence-electron chi connectivity index (χ0n) is 16.6. The number of aliphatic hydroxyl groups excluding tert-OH is 1. The molecule has 6 nitrogen and oxygen atoms in total. The van der Waals surface area contributed by atoms with Crippen LogP contribution in [-0.2, 0) is 4.74 Å². The molecule has 0 bridgehead atoms. The molecule has 150 valence electrons. The predicted molar refractivity (Wildman–Crippen MR) is 105 cm³/mol. The highest BCUT2D eigenvalue weighted by Crippen LogP contribution is 2.39. The van der Waals surface area contributed by atoms with Crippen molar-refractivity contribution in [2.45, 2.75) is 63.8 Å². The van der Waals surface area contributed by atoms with Crippen LogP contribution in [0.5, 0.6) is 0 Å². The number of benzene rings is 1. The summed E-state index contributed by atoms with van der Waals surface area (Å²) < 4.78 is 11.7. The van der Waals surface area contributed by atoms with Crippen LogP contribution < -0.4 is 0 Å². The molecule has 2 atom stereocenters. The molecule has 2 aliphatic rings. The molecule has 2 fully saturated rings. The smallest absolute Gasteiger partial charge is 0.259 e. The Morgan fingerprint density at radius 2 is 2.00 bits per heavy atom. The second kappa shape index (κ2) is 7.68. The summed E-state index contributed by atoms with van der Waals surface area (Å²) in [5.74, 6) is 0.496. The van der Waals surface area contributed by atoms with E-state index in [1.54, 1.807) is 6.92 Å². The zero-order chi connectivity index (χ0) is 19.7. The molecule has 0 saturated carbocycles. The first kappa shape index (κ1) is 19.2. The molecular formula is C22H28N2O4. The van der Waals surface area contributed by atoms with Crippen molar-refractivity contribution in [3.05, 3.63) is 41.7 Å². The van der Waals surface area contributed by atoms with Crippen molar-refractivity contribution >= 4 is 5.91 Å². The van der Waals surface area contributed by atoms with Crippen molar-refractivity contribution in [1.29, 1.82) is 0 Å².